The average Bonchev–Trinajstić information content (AvgIpc) is 2.59. The van der Waals surface area contributed by atoms with Gasteiger partial charge in [0.05, 0.1) is 13.7 Å². The first-order valence-corrected chi connectivity index (χ1v) is 8.83. The first-order chi connectivity index (χ1) is 11.9. The Morgan fingerprint density at radius 3 is 2.48 bits per heavy atom. The summed E-state index contributed by atoms with van der Waals surface area (Å²) >= 11 is 0. The zero-order valence-corrected chi connectivity index (χ0v) is 15.8. The van der Waals surface area contributed by atoms with Gasteiger partial charge in [-0.1, -0.05) is 12.1 Å². The Balaban J connectivity index is 1.97. The highest BCUT2D eigenvalue weighted by Gasteiger charge is 2.22. The van der Waals surface area contributed by atoms with Crippen LogP contribution in [0.25, 0.3) is 0 Å². The van der Waals surface area contributed by atoms with E-state index in [0.29, 0.717) is 6.61 Å². The predicted octanol–water partition coefficient (Wildman–Crippen LogP) is 2.74. The van der Waals surface area contributed by atoms with Gasteiger partial charge in [0.15, 0.2) is 6.04 Å². The minimum absolute atomic E-state index is 0.0390. The standard InChI is InChI=1S/C21H28N2O2/c1-6-25-19-11-9-18(10-12-19)14-23(5)17(4)21(24)22-20-13-15(2)7-8-16(20)3/h7-13,17H,6,14H2,1-5H3,(H,22,24)/p+1/t17-/m1/s1. The van der Waals surface area contributed by atoms with Crippen molar-refractivity contribution >= 4 is 11.6 Å². The summed E-state index contributed by atoms with van der Waals surface area (Å²) in [4.78, 5) is 13.7. The van der Waals surface area contributed by atoms with E-state index in [-0.39, 0.29) is 11.9 Å². The molecule has 2 aromatic carbocycles. The molecule has 2 rings (SSSR count). The fourth-order valence-electron chi connectivity index (χ4n) is 2.68. The third-order valence-electron chi connectivity index (χ3n) is 4.50. The van der Waals surface area contributed by atoms with Gasteiger partial charge in [-0.2, -0.15) is 0 Å². The molecular formula is C21H29N2O2+. The van der Waals surface area contributed by atoms with Crippen molar-refractivity contribution in [1.82, 2.24) is 0 Å². The molecule has 0 saturated heterocycles. The summed E-state index contributed by atoms with van der Waals surface area (Å²) in [5.41, 5.74) is 4.30. The van der Waals surface area contributed by atoms with Crippen LogP contribution in [0.1, 0.15) is 30.5 Å². The van der Waals surface area contributed by atoms with E-state index in [4.69, 9.17) is 4.74 Å². The normalized spacial score (nSPS) is 13.2. The average molecular weight is 341 g/mol. The quantitative estimate of drug-likeness (QED) is 0.813. The number of likely N-dealkylation sites (N-methyl/N-ethyl adjacent to an activating group) is 1. The molecule has 2 atom stereocenters. The predicted molar refractivity (Wildman–Crippen MR) is 102 cm³/mol. The van der Waals surface area contributed by atoms with Crippen LogP contribution in [0, 0.1) is 13.8 Å². The number of nitrogens with one attached hydrogen (secondary N) is 2. The number of carbonyl (C=O) groups is 1. The number of amides is 1. The van der Waals surface area contributed by atoms with Crippen molar-refractivity contribution in [1.29, 1.82) is 0 Å². The highest BCUT2D eigenvalue weighted by atomic mass is 16.5. The molecule has 0 heterocycles. The maximum absolute atomic E-state index is 12.6. The van der Waals surface area contributed by atoms with Gasteiger partial charge in [0.1, 0.15) is 12.3 Å². The number of rotatable bonds is 7. The lowest BCUT2D eigenvalue weighted by Gasteiger charge is -2.22. The van der Waals surface area contributed by atoms with E-state index in [0.717, 1.165) is 34.0 Å². The molecule has 0 bridgehead atoms. The van der Waals surface area contributed by atoms with Crippen LogP contribution >= 0.6 is 0 Å². The van der Waals surface area contributed by atoms with Gasteiger partial charge in [-0.15, -0.1) is 0 Å². The second-order valence-electron chi connectivity index (χ2n) is 6.63. The van der Waals surface area contributed by atoms with E-state index in [9.17, 15) is 4.79 Å². The number of benzene rings is 2. The van der Waals surface area contributed by atoms with Gasteiger partial charge in [-0.05, 0) is 69.2 Å². The molecule has 0 saturated carbocycles. The van der Waals surface area contributed by atoms with Gasteiger partial charge in [0.25, 0.3) is 5.91 Å². The van der Waals surface area contributed by atoms with Crippen LogP contribution in [0.2, 0.25) is 0 Å². The number of ether oxygens (including phenoxy) is 1. The first-order valence-electron chi connectivity index (χ1n) is 8.83. The Morgan fingerprint density at radius 2 is 1.84 bits per heavy atom. The van der Waals surface area contributed by atoms with Crippen molar-refractivity contribution in [2.75, 3.05) is 19.0 Å². The minimum atomic E-state index is -0.147. The summed E-state index contributed by atoms with van der Waals surface area (Å²) < 4.78 is 5.47. The van der Waals surface area contributed by atoms with Gasteiger partial charge in [-0.25, -0.2) is 0 Å². The molecule has 1 unspecified atom stereocenters. The molecule has 0 aliphatic heterocycles. The van der Waals surface area contributed by atoms with E-state index in [1.54, 1.807) is 0 Å². The summed E-state index contributed by atoms with van der Waals surface area (Å²) in [6.45, 7) is 9.43. The van der Waals surface area contributed by atoms with Crippen molar-refractivity contribution in [3.05, 3.63) is 59.2 Å². The molecule has 4 nitrogen and oxygen atoms in total. The van der Waals surface area contributed by atoms with Crippen LogP contribution in [0.5, 0.6) is 5.75 Å². The van der Waals surface area contributed by atoms with Crippen LogP contribution in [0.15, 0.2) is 42.5 Å². The Kier molecular flexibility index (Phi) is 6.59. The third-order valence-corrected chi connectivity index (χ3v) is 4.50. The Labute approximate surface area is 150 Å². The minimum Gasteiger partial charge on any atom is -0.494 e. The van der Waals surface area contributed by atoms with Crippen LogP contribution in [-0.4, -0.2) is 25.6 Å². The summed E-state index contributed by atoms with van der Waals surface area (Å²) in [5, 5.41) is 3.06. The molecule has 4 heteroatoms. The molecule has 0 radical (unpaired) electrons. The van der Waals surface area contributed by atoms with Crippen molar-refractivity contribution in [3.63, 3.8) is 0 Å². The first kappa shape index (κ1) is 19.0. The second kappa shape index (κ2) is 8.67. The maximum atomic E-state index is 12.6. The Hall–Kier alpha value is -2.33. The van der Waals surface area contributed by atoms with Crippen LogP contribution in [0.3, 0.4) is 0 Å². The van der Waals surface area contributed by atoms with Gasteiger partial charge in [0.2, 0.25) is 0 Å². The lowest BCUT2D eigenvalue weighted by molar-refractivity contribution is -0.907. The SMILES string of the molecule is CCOc1ccc(C[NH+](C)[C@H](C)C(=O)Nc2cc(C)ccc2C)cc1. The fourth-order valence-corrected chi connectivity index (χ4v) is 2.68. The van der Waals surface area contributed by atoms with Crippen LogP contribution < -0.4 is 15.0 Å². The van der Waals surface area contributed by atoms with Gasteiger partial charge < -0.3 is 15.0 Å². The molecule has 25 heavy (non-hydrogen) atoms. The highest BCUT2D eigenvalue weighted by molar-refractivity contribution is 5.94. The smallest absolute Gasteiger partial charge is 0.282 e. The number of hydrogen-bond donors (Lipinski definition) is 2. The topological polar surface area (TPSA) is 42.8 Å². The summed E-state index contributed by atoms with van der Waals surface area (Å²) in [6.07, 6.45) is 0. The second-order valence-corrected chi connectivity index (χ2v) is 6.63. The molecule has 0 spiro atoms. The van der Waals surface area contributed by atoms with E-state index >= 15 is 0 Å². The molecule has 2 aromatic rings. The Bertz CT molecular complexity index is 710. The largest absolute Gasteiger partial charge is 0.494 e. The highest BCUT2D eigenvalue weighted by Crippen LogP contribution is 2.16. The van der Waals surface area contributed by atoms with Crippen molar-refractivity contribution in [2.45, 2.75) is 40.3 Å². The van der Waals surface area contributed by atoms with Gasteiger partial charge in [0, 0.05) is 11.3 Å². The van der Waals surface area contributed by atoms with Crippen molar-refractivity contribution in [2.24, 2.45) is 0 Å². The molecule has 0 aliphatic carbocycles. The van der Waals surface area contributed by atoms with E-state index in [1.807, 2.05) is 59.0 Å². The molecule has 0 fully saturated rings. The van der Waals surface area contributed by atoms with E-state index < -0.39 is 0 Å². The zero-order chi connectivity index (χ0) is 18.4. The monoisotopic (exact) mass is 341 g/mol. The third kappa shape index (κ3) is 5.33. The summed E-state index contributed by atoms with van der Waals surface area (Å²) in [6, 6.07) is 14.0. The number of quaternary nitrogens is 1. The van der Waals surface area contributed by atoms with E-state index in [1.165, 1.54) is 5.56 Å². The summed E-state index contributed by atoms with van der Waals surface area (Å²) in [5.74, 6) is 0.918. The van der Waals surface area contributed by atoms with Crippen molar-refractivity contribution in [3.8, 4) is 5.75 Å². The lowest BCUT2D eigenvalue weighted by Crippen LogP contribution is -3.12. The molecule has 2 N–H and O–H groups in total. The van der Waals surface area contributed by atoms with Gasteiger partial charge >= 0.3 is 0 Å². The number of hydrogen-bond acceptors (Lipinski definition) is 2. The molecule has 1 amide bonds. The number of carbonyl (C=O) groups excluding carboxylic acids is 1. The molecule has 0 aliphatic rings. The Morgan fingerprint density at radius 1 is 1.16 bits per heavy atom. The molecule has 134 valence electrons. The number of aryl methyl sites for hydroxylation is 2. The molecule has 0 aromatic heterocycles. The summed E-state index contributed by atoms with van der Waals surface area (Å²) in [7, 11) is 2.05. The lowest BCUT2D eigenvalue weighted by atomic mass is 10.1. The fraction of sp³-hybridized carbons (Fsp3) is 0.381. The number of anilines is 1. The van der Waals surface area contributed by atoms with E-state index in [2.05, 4.69) is 23.5 Å². The zero-order valence-electron chi connectivity index (χ0n) is 15.8. The maximum Gasteiger partial charge on any atom is 0.282 e. The van der Waals surface area contributed by atoms with Crippen LogP contribution in [-0.2, 0) is 11.3 Å². The van der Waals surface area contributed by atoms with Crippen molar-refractivity contribution < 1.29 is 14.4 Å². The molecular weight excluding hydrogens is 312 g/mol. The van der Waals surface area contributed by atoms with Gasteiger partial charge in [-0.3, -0.25) is 4.79 Å². The van der Waals surface area contributed by atoms with Crippen LogP contribution in [0.4, 0.5) is 5.69 Å².